The first-order valence-electron chi connectivity index (χ1n) is 12.9. The summed E-state index contributed by atoms with van der Waals surface area (Å²) in [6.45, 7) is 2.96. The van der Waals surface area contributed by atoms with E-state index in [2.05, 4.69) is 15.1 Å². The van der Waals surface area contributed by atoms with Gasteiger partial charge < -0.3 is 30.2 Å². The quantitative estimate of drug-likeness (QED) is 0.630. The molecule has 2 aliphatic carbocycles. The average Bonchev–Trinajstić information content (AvgIpc) is 3.72. The Kier molecular flexibility index (Phi) is 5.67. The van der Waals surface area contributed by atoms with Crippen molar-refractivity contribution in [2.24, 2.45) is 13.0 Å². The third kappa shape index (κ3) is 4.61. The van der Waals surface area contributed by atoms with Crippen molar-refractivity contribution in [2.45, 2.75) is 56.6 Å². The highest BCUT2D eigenvalue weighted by Gasteiger charge is 2.42. The van der Waals surface area contributed by atoms with Gasteiger partial charge in [0, 0.05) is 57.2 Å². The second-order valence-electron chi connectivity index (χ2n) is 10.5. The summed E-state index contributed by atoms with van der Waals surface area (Å²) < 4.78 is 7.05. The third-order valence-corrected chi connectivity index (χ3v) is 7.81. The summed E-state index contributed by atoms with van der Waals surface area (Å²) in [4.78, 5) is 34.5. The van der Waals surface area contributed by atoms with Gasteiger partial charge >= 0.3 is 0 Å². The van der Waals surface area contributed by atoms with E-state index in [1.165, 1.54) is 12.8 Å². The molecule has 0 unspecified atom stereocenters. The van der Waals surface area contributed by atoms with Gasteiger partial charge in [0.25, 0.3) is 5.56 Å². The van der Waals surface area contributed by atoms with Crippen LogP contribution in [0.4, 0.5) is 22.9 Å². The number of piperazine rings is 1. The van der Waals surface area contributed by atoms with Gasteiger partial charge in [0.05, 0.1) is 35.6 Å². The first-order valence-corrected chi connectivity index (χ1v) is 12.9. The molecule has 2 aromatic heterocycles. The van der Waals surface area contributed by atoms with Crippen LogP contribution in [0.25, 0.3) is 0 Å². The van der Waals surface area contributed by atoms with Crippen LogP contribution in [0.1, 0.15) is 50.1 Å². The van der Waals surface area contributed by atoms with Crippen LogP contribution < -0.4 is 21.5 Å². The molecule has 4 aliphatic rings. The molecule has 0 aromatic carbocycles. The number of pyridine rings is 2. The van der Waals surface area contributed by atoms with Gasteiger partial charge in [-0.05, 0) is 50.2 Å². The van der Waals surface area contributed by atoms with E-state index < -0.39 is 0 Å². The molecule has 2 atom stereocenters. The van der Waals surface area contributed by atoms with E-state index in [1.807, 2.05) is 12.1 Å². The van der Waals surface area contributed by atoms with Crippen molar-refractivity contribution >= 4 is 28.8 Å². The molecular weight excluding hydrogens is 444 g/mol. The summed E-state index contributed by atoms with van der Waals surface area (Å²) in [6.07, 6.45) is 7.91. The topological polar surface area (TPSA) is 106 Å². The highest BCUT2D eigenvalue weighted by atomic mass is 16.5. The summed E-state index contributed by atoms with van der Waals surface area (Å²) in [5.41, 5.74) is 9.74. The minimum atomic E-state index is -0.0667. The number of aromatic nitrogens is 2. The van der Waals surface area contributed by atoms with Crippen LogP contribution in [0, 0.1) is 5.92 Å². The fraction of sp³-hybridized carbons (Fsp3) is 0.577. The summed E-state index contributed by atoms with van der Waals surface area (Å²) in [5, 5.41) is 3.38. The molecule has 4 fully saturated rings. The lowest BCUT2D eigenvalue weighted by atomic mass is 10.0. The number of anilines is 4. The van der Waals surface area contributed by atoms with Crippen molar-refractivity contribution in [1.29, 1.82) is 0 Å². The normalized spacial score (nSPS) is 24.3. The van der Waals surface area contributed by atoms with E-state index in [9.17, 15) is 9.59 Å². The molecule has 0 spiro atoms. The largest absolute Gasteiger partial charge is 0.396 e. The van der Waals surface area contributed by atoms with Crippen LogP contribution in [0.3, 0.4) is 0 Å². The molecule has 6 rings (SSSR count). The van der Waals surface area contributed by atoms with Gasteiger partial charge in [0.15, 0.2) is 5.82 Å². The van der Waals surface area contributed by atoms with Crippen LogP contribution in [0.15, 0.2) is 29.2 Å². The number of hydrogen-bond acceptors (Lipinski definition) is 7. The number of ether oxygens (including phenoxy) is 1. The maximum absolute atomic E-state index is 13.0. The van der Waals surface area contributed by atoms with Gasteiger partial charge in [0.2, 0.25) is 5.91 Å². The number of carbonyl (C=O) groups is 1. The lowest BCUT2D eigenvalue weighted by Gasteiger charge is -2.43. The minimum Gasteiger partial charge on any atom is -0.396 e. The number of nitrogen functional groups attached to an aromatic ring is 1. The molecule has 2 saturated carbocycles. The Labute approximate surface area is 205 Å². The molecule has 186 valence electrons. The fourth-order valence-electron chi connectivity index (χ4n) is 5.29. The smallest absolute Gasteiger partial charge is 0.252 e. The van der Waals surface area contributed by atoms with Crippen molar-refractivity contribution in [1.82, 2.24) is 14.5 Å². The Morgan fingerprint density at radius 2 is 2.00 bits per heavy atom. The third-order valence-electron chi connectivity index (χ3n) is 7.81. The maximum Gasteiger partial charge on any atom is 0.252 e. The molecule has 4 heterocycles. The van der Waals surface area contributed by atoms with Crippen molar-refractivity contribution < 1.29 is 9.53 Å². The summed E-state index contributed by atoms with van der Waals surface area (Å²) in [6, 6.07) is 5.64. The van der Waals surface area contributed by atoms with Gasteiger partial charge in [0.1, 0.15) is 0 Å². The molecule has 9 heteroatoms. The van der Waals surface area contributed by atoms with Gasteiger partial charge in [-0.2, -0.15) is 0 Å². The molecule has 0 radical (unpaired) electrons. The summed E-state index contributed by atoms with van der Waals surface area (Å²) in [5.74, 6) is 2.02. The van der Waals surface area contributed by atoms with E-state index in [-0.39, 0.29) is 23.6 Å². The van der Waals surface area contributed by atoms with Crippen LogP contribution in [0.2, 0.25) is 0 Å². The van der Waals surface area contributed by atoms with Crippen LogP contribution in [-0.4, -0.2) is 58.7 Å². The van der Waals surface area contributed by atoms with Crippen LogP contribution in [-0.2, 0) is 16.6 Å². The molecule has 3 N–H and O–H groups in total. The molecule has 1 amide bonds. The number of aryl methyl sites for hydroxylation is 1. The number of rotatable bonds is 7. The molecule has 35 heavy (non-hydrogen) atoms. The predicted octanol–water partition coefficient (Wildman–Crippen LogP) is 2.59. The molecule has 9 nitrogen and oxygen atoms in total. The zero-order valence-corrected chi connectivity index (χ0v) is 20.3. The highest BCUT2D eigenvalue weighted by Crippen LogP contribution is 2.45. The lowest BCUT2D eigenvalue weighted by molar-refractivity contribution is -0.142. The number of nitrogens with zero attached hydrogens (tertiary/aromatic N) is 4. The monoisotopic (exact) mass is 478 g/mol. The Balaban J connectivity index is 1.23. The molecule has 2 aromatic rings. The van der Waals surface area contributed by atoms with E-state index in [0.717, 1.165) is 61.8 Å². The van der Waals surface area contributed by atoms with Crippen LogP contribution in [0.5, 0.6) is 0 Å². The van der Waals surface area contributed by atoms with Gasteiger partial charge in [-0.25, -0.2) is 4.98 Å². The summed E-state index contributed by atoms with van der Waals surface area (Å²) in [7, 11) is 1.74. The predicted molar refractivity (Wildman–Crippen MR) is 135 cm³/mol. The summed E-state index contributed by atoms with van der Waals surface area (Å²) >= 11 is 0. The zero-order chi connectivity index (χ0) is 24.1. The van der Waals surface area contributed by atoms with E-state index in [4.69, 9.17) is 15.5 Å². The first kappa shape index (κ1) is 22.4. The molecule has 0 bridgehead atoms. The van der Waals surface area contributed by atoms with E-state index >= 15 is 0 Å². The van der Waals surface area contributed by atoms with Crippen molar-refractivity contribution in [2.75, 3.05) is 42.2 Å². The van der Waals surface area contributed by atoms with Gasteiger partial charge in [-0.1, -0.05) is 0 Å². The Morgan fingerprint density at radius 1 is 1.20 bits per heavy atom. The van der Waals surface area contributed by atoms with Crippen molar-refractivity contribution in [3.8, 4) is 0 Å². The maximum atomic E-state index is 13.0. The standard InChI is InChI=1S/C26H34N6O3/c1-30-8-6-18(12-23(30)33)28-21-14-20(27)26(29-25(21)17-4-5-17)31-9-10-32(22(15-31)16-2-3-16)24(34)13-19-7-11-35-19/h6,8,12,14,16-17,19,22,28H,2-5,7,9-11,13,15,27H2,1H3/t19-,22+/m1/s1. The number of amides is 1. The van der Waals surface area contributed by atoms with Gasteiger partial charge in [-0.15, -0.1) is 0 Å². The highest BCUT2D eigenvalue weighted by molar-refractivity contribution is 5.78. The number of hydrogen-bond donors (Lipinski definition) is 2. The van der Waals surface area contributed by atoms with Crippen molar-refractivity contribution in [3.63, 3.8) is 0 Å². The number of nitrogens with one attached hydrogen (secondary N) is 1. The Bertz CT molecular complexity index is 1180. The zero-order valence-electron chi connectivity index (χ0n) is 20.3. The van der Waals surface area contributed by atoms with E-state index in [1.54, 1.807) is 23.9 Å². The number of nitrogens with two attached hydrogens (primary N) is 1. The van der Waals surface area contributed by atoms with Crippen LogP contribution >= 0.6 is 0 Å². The first-order chi connectivity index (χ1) is 17.0. The Morgan fingerprint density at radius 3 is 2.66 bits per heavy atom. The van der Waals surface area contributed by atoms with Crippen molar-refractivity contribution in [3.05, 3.63) is 40.4 Å². The minimum absolute atomic E-state index is 0.0667. The average molecular weight is 479 g/mol. The SMILES string of the molecule is Cn1ccc(Nc2cc(N)c(N3CCN(C(=O)C[C@H]4CCO4)[C@H](C4CC4)C3)nc2C2CC2)cc1=O. The lowest BCUT2D eigenvalue weighted by Crippen LogP contribution is -2.57. The molecule has 2 saturated heterocycles. The molecular formula is C26H34N6O3. The van der Waals surface area contributed by atoms with E-state index in [0.29, 0.717) is 30.5 Å². The second kappa shape index (κ2) is 8.86. The fourth-order valence-corrected chi connectivity index (χ4v) is 5.29. The number of carbonyl (C=O) groups excluding carboxylic acids is 1. The molecule has 2 aliphatic heterocycles. The van der Waals surface area contributed by atoms with Gasteiger partial charge in [-0.3, -0.25) is 9.59 Å². The Hall–Kier alpha value is -3.07. The second-order valence-corrected chi connectivity index (χ2v) is 10.5.